The van der Waals surface area contributed by atoms with E-state index in [0.29, 0.717) is 11.2 Å². The molecule has 2 fully saturated rings. The minimum absolute atomic E-state index is 0.00773. The van der Waals surface area contributed by atoms with E-state index in [4.69, 9.17) is 55.2 Å². The first kappa shape index (κ1) is 40.8. The fourth-order valence-electron chi connectivity index (χ4n) is 6.46. The highest BCUT2D eigenvalue weighted by Gasteiger charge is 2.52. The Kier molecular flexibility index (Phi) is 11.2. The average molecular weight is 867 g/mol. The van der Waals surface area contributed by atoms with Crippen LogP contribution in [-0.4, -0.2) is 142 Å². The number of phosphoric acid groups is 2. The molecule has 316 valence electrons. The van der Waals surface area contributed by atoms with Crippen molar-refractivity contribution >= 4 is 66.6 Å². The summed E-state index contributed by atoms with van der Waals surface area (Å²) in [5.74, 6) is 0.213. The highest BCUT2D eigenvalue weighted by atomic mass is 31.2. The molecule has 0 aliphatic carbocycles. The van der Waals surface area contributed by atoms with Gasteiger partial charge in [0.05, 0.1) is 38.8 Å². The van der Waals surface area contributed by atoms with Crippen LogP contribution in [0, 0.1) is 0 Å². The summed E-state index contributed by atoms with van der Waals surface area (Å²) in [6, 6.07) is 0. The molecule has 31 heteroatoms. The second kappa shape index (κ2) is 16.2. The number of nitrogens with zero attached hydrogens (tertiary/aromatic N) is 12. The van der Waals surface area contributed by atoms with Crippen molar-refractivity contribution in [1.82, 2.24) is 58.6 Å². The summed E-state index contributed by atoms with van der Waals surface area (Å²) in [6.45, 7) is -1.82. The van der Waals surface area contributed by atoms with Crippen LogP contribution in [0.3, 0.4) is 0 Å². The summed E-state index contributed by atoms with van der Waals surface area (Å²) in [5, 5.41) is 22.4. The molecule has 2 saturated heterocycles. The van der Waals surface area contributed by atoms with Gasteiger partial charge < -0.3 is 57.1 Å². The van der Waals surface area contributed by atoms with E-state index in [2.05, 4.69) is 44.9 Å². The number of phosphoric ester groups is 2. The van der Waals surface area contributed by atoms with Gasteiger partial charge in [0.15, 0.2) is 46.9 Å². The van der Waals surface area contributed by atoms with Crippen molar-refractivity contribution in [3.63, 3.8) is 0 Å². The Morgan fingerprint density at radius 2 is 1.12 bits per heavy atom. The lowest BCUT2D eigenvalue weighted by atomic mass is 10.1. The average Bonchev–Trinajstić information content (AvgIpc) is 4.03. The number of nitrogens with two attached hydrogens (primary N) is 4. The van der Waals surface area contributed by atoms with E-state index < -0.39 is 77.9 Å². The summed E-state index contributed by atoms with van der Waals surface area (Å²) in [5.41, 5.74) is 24.7. The highest BCUT2D eigenvalue weighted by Crippen LogP contribution is 2.52. The van der Waals surface area contributed by atoms with E-state index in [1.807, 2.05) is 0 Å². The summed E-state index contributed by atoms with van der Waals surface area (Å²) >= 11 is 0. The van der Waals surface area contributed by atoms with E-state index in [1.54, 1.807) is 0 Å². The van der Waals surface area contributed by atoms with Crippen molar-refractivity contribution in [1.29, 1.82) is 0 Å². The van der Waals surface area contributed by atoms with Crippen LogP contribution >= 0.6 is 15.6 Å². The maximum absolute atomic E-state index is 13.5. The van der Waals surface area contributed by atoms with E-state index in [-0.39, 0.29) is 59.7 Å². The summed E-state index contributed by atoms with van der Waals surface area (Å²) < 4.78 is 69.4. The molecule has 2 aliphatic rings. The van der Waals surface area contributed by atoms with E-state index in [0.717, 1.165) is 6.33 Å². The second-order valence-electron chi connectivity index (χ2n) is 12.9. The van der Waals surface area contributed by atoms with E-state index >= 15 is 0 Å². The molecule has 59 heavy (non-hydrogen) atoms. The predicted molar refractivity (Wildman–Crippen MR) is 195 cm³/mol. The van der Waals surface area contributed by atoms with Crippen molar-refractivity contribution in [2.75, 3.05) is 43.6 Å². The number of rotatable bonds is 16. The number of hydrogen-bond acceptors (Lipinski definition) is 24. The number of anilines is 3. The zero-order valence-electron chi connectivity index (χ0n) is 30.2. The number of aliphatic hydroxyl groups excluding tert-OH is 2. The Hall–Kier alpha value is -4.97. The van der Waals surface area contributed by atoms with Gasteiger partial charge in [-0.1, -0.05) is 0 Å². The molecular weight excluding hydrogens is 830 g/mol. The van der Waals surface area contributed by atoms with Gasteiger partial charge in [0.2, 0.25) is 0 Å². The molecule has 0 amide bonds. The van der Waals surface area contributed by atoms with Gasteiger partial charge in [0.1, 0.15) is 78.9 Å². The zero-order valence-corrected chi connectivity index (χ0v) is 31.9. The zero-order chi connectivity index (χ0) is 41.6. The normalized spacial score (nSPS) is 26.9. The predicted octanol–water partition coefficient (Wildman–Crippen LogP) is -2.29. The standard InChI is InChI=1S/C28H36N16O13P2/c29-3-12-17(45)19(27(54-12)43-9-40-15-22(31)34-6-37-25(15)43)57-59(49,50)53-4-13-18(46)20(28(55-13)44-10-41-16-23(32)35-7-38-26(16)44)56-58(47,48)52-2-1-51-11-42-8-39-14-21(30)33-5-36-24(14)42/h5-10,12-13,17-20,27-28,45-46H,1-4,11,29H2,(H,47,48)(H,49,50)(H2,30,33,36)(H2,31,34,37)(H2,32,35,38). The molecule has 8 rings (SSSR count). The molecule has 29 nitrogen and oxygen atoms in total. The molecule has 0 saturated carbocycles. The van der Waals surface area contributed by atoms with Crippen molar-refractivity contribution in [2.45, 2.75) is 55.8 Å². The lowest BCUT2D eigenvalue weighted by molar-refractivity contribution is -0.0597. The Labute approximate surface area is 329 Å². The molecule has 10 atom stereocenters. The Bertz CT molecular complexity index is 2560. The van der Waals surface area contributed by atoms with Crippen LogP contribution in [0.2, 0.25) is 0 Å². The fraction of sp³-hybridized carbons (Fsp3) is 0.464. The summed E-state index contributed by atoms with van der Waals surface area (Å²) in [7, 11) is -10.2. The van der Waals surface area contributed by atoms with Crippen molar-refractivity contribution in [3.05, 3.63) is 38.0 Å². The van der Waals surface area contributed by atoms with Gasteiger partial charge in [0, 0.05) is 6.54 Å². The van der Waals surface area contributed by atoms with Gasteiger partial charge in [0.25, 0.3) is 0 Å². The third-order valence-electron chi connectivity index (χ3n) is 9.23. The monoisotopic (exact) mass is 866 g/mol. The van der Waals surface area contributed by atoms with Gasteiger partial charge in [-0.15, -0.1) is 0 Å². The van der Waals surface area contributed by atoms with E-state index in [1.165, 1.54) is 45.3 Å². The molecular formula is C28H36N16O13P2. The van der Waals surface area contributed by atoms with Crippen LogP contribution in [-0.2, 0) is 48.2 Å². The maximum atomic E-state index is 13.5. The number of imidazole rings is 3. The molecule has 6 aromatic heterocycles. The summed E-state index contributed by atoms with van der Waals surface area (Å²) in [6.07, 6.45) is -4.61. The molecule has 10 unspecified atom stereocenters. The third-order valence-corrected chi connectivity index (χ3v) is 11.2. The SMILES string of the molecule is NCC1OC(n2cnc3c(N)ncnc32)C(OP(=O)(O)OCC2OC(n3cnc4c(N)ncnc43)C(OP(=O)(O)OCCOCn3cnc4c(N)ncnc43)C2O)C1O. The number of nitrogen functional groups attached to an aromatic ring is 3. The van der Waals surface area contributed by atoms with Gasteiger partial charge in [-0.3, -0.25) is 31.8 Å². The van der Waals surface area contributed by atoms with Gasteiger partial charge in [-0.05, 0) is 0 Å². The molecule has 12 N–H and O–H groups in total. The van der Waals surface area contributed by atoms with Crippen LogP contribution in [0.15, 0.2) is 38.0 Å². The minimum atomic E-state index is -5.17. The molecule has 6 aromatic rings. The number of aromatic nitrogens is 12. The van der Waals surface area contributed by atoms with Crippen molar-refractivity contribution < 1.29 is 61.4 Å². The third kappa shape index (κ3) is 8.04. The second-order valence-corrected chi connectivity index (χ2v) is 15.7. The quantitative estimate of drug-likeness (QED) is 0.0375. The van der Waals surface area contributed by atoms with E-state index in [9.17, 15) is 29.1 Å². The van der Waals surface area contributed by atoms with Gasteiger partial charge in [-0.25, -0.2) is 54.0 Å². The molecule has 8 heterocycles. The number of ether oxygens (including phenoxy) is 3. The first-order valence-corrected chi connectivity index (χ1v) is 20.3. The summed E-state index contributed by atoms with van der Waals surface area (Å²) in [4.78, 5) is 58.1. The van der Waals surface area contributed by atoms with Crippen LogP contribution in [0.25, 0.3) is 33.5 Å². The molecule has 0 spiro atoms. The minimum Gasteiger partial charge on any atom is -0.387 e. The first-order valence-electron chi connectivity index (χ1n) is 17.3. The molecule has 0 radical (unpaired) electrons. The Balaban J connectivity index is 0.952. The Morgan fingerprint density at radius 3 is 1.68 bits per heavy atom. The largest absolute Gasteiger partial charge is 0.472 e. The van der Waals surface area contributed by atoms with Crippen molar-refractivity contribution in [2.24, 2.45) is 5.73 Å². The lowest BCUT2D eigenvalue weighted by Crippen LogP contribution is -2.37. The van der Waals surface area contributed by atoms with Gasteiger partial charge in [-0.2, -0.15) is 0 Å². The van der Waals surface area contributed by atoms with Crippen LogP contribution in [0.4, 0.5) is 17.5 Å². The number of hydrogen-bond donors (Lipinski definition) is 8. The van der Waals surface area contributed by atoms with Gasteiger partial charge >= 0.3 is 15.6 Å². The lowest BCUT2D eigenvalue weighted by Gasteiger charge is -2.25. The molecule has 2 aliphatic heterocycles. The molecule has 0 bridgehead atoms. The Morgan fingerprint density at radius 1 is 0.644 bits per heavy atom. The maximum Gasteiger partial charge on any atom is 0.472 e. The van der Waals surface area contributed by atoms with Crippen LogP contribution < -0.4 is 22.9 Å². The highest BCUT2D eigenvalue weighted by molar-refractivity contribution is 7.47. The van der Waals surface area contributed by atoms with Crippen molar-refractivity contribution in [3.8, 4) is 0 Å². The first-order chi connectivity index (χ1) is 28.2. The number of fused-ring (bicyclic) bond motifs is 3. The topological polar surface area (TPSA) is 415 Å². The smallest absolute Gasteiger partial charge is 0.387 e. The fourth-order valence-corrected chi connectivity index (χ4v) is 8.30. The van der Waals surface area contributed by atoms with Crippen LogP contribution in [0.1, 0.15) is 12.5 Å². The molecule has 0 aromatic carbocycles. The number of aliphatic hydroxyl groups is 2. The van der Waals surface area contributed by atoms with Crippen LogP contribution in [0.5, 0.6) is 0 Å².